The summed E-state index contributed by atoms with van der Waals surface area (Å²) in [4.78, 5) is 20.6. The van der Waals surface area contributed by atoms with E-state index in [1.807, 2.05) is 36.0 Å². The smallest absolute Gasteiger partial charge is 0.223 e. The molecule has 1 fully saturated rings. The zero-order valence-corrected chi connectivity index (χ0v) is 13.9. The van der Waals surface area contributed by atoms with Crippen molar-refractivity contribution in [2.75, 3.05) is 32.1 Å². The Morgan fingerprint density at radius 1 is 1.43 bits per heavy atom. The van der Waals surface area contributed by atoms with Crippen molar-refractivity contribution in [3.63, 3.8) is 0 Å². The van der Waals surface area contributed by atoms with E-state index in [1.165, 1.54) is 0 Å². The molecule has 1 aromatic heterocycles. The van der Waals surface area contributed by atoms with Gasteiger partial charge in [0, 0.05) is 39.7 Å². The molecule has 0 radical (unpaired) electrons. The Labute approximate surface area is 137 Å². The van der Waals surface area contributed by atoms with Crippen LogP contribution < -0.4 is 9.64 Å². The largest absolute Gasteiger partial charge is 0.485 e. The summed E-state index contributed by atoms with van der Waals surface area (Å²) in [5, 5.41) is 0. The second-order valence-electron chi connectivity index (χ2n) is 6.56. The molecule has 1 aromatic rings. The van der Waals surface area contributed by atoms with E-state index >= 15 is 0 Å². The van der Waals surface area contributed by atoms with Crippen LogP contribution in [0.25, 0.3) is 0 Å². The molecule has 0 spiro atoms. The van der Waals surface area contributed by atoms with E-state index in [4.69, 9.17) is 4.74 Å². The highest BCUT2D eigenvalue weighted by Gasteiger charge is 2.29. The molecule has 0 bridgehead atoms. The maximum absolute atomic E-state index is 12.4. The van der Waals surface area contributed by atoms with Crippen LogP contribution in [0.3, 0.4) is 0 Å². The van der Waals surface area contributed by atoms with E-state index in [-0.39, 0.29) is 12.0 Å². The van der Waals surface area contributed by atoms with Crippen LogP contribution in [-0.2, 0) is 4.79 Å². The van der Waals surface area contributed by atoms with Gasteiger partial charge in [0.1, 0.15) is 6.10 Å². The number of nitrogens with zero attached hydrogens (tertiary/aromatic N) is 3. The van der Waals surface area contributed by atoms with Crippen molar-refractivity contribution in [2.24, 2.45) is 5.92 Å². The summed E-state index contributed by atoms with van der Waals surface area (Å²) < 4.78 is 6.11. The molecule has 2 atom stereocenters. The monoisotopic (exact) mass is 315 g/mol. The van der Waals surface area contributed by atoms with E-state index in [1.54, 1.807) is 6.20 Å². The van der Waals surface area contributed by atoms with Crippen LogP contribution in [0.5, 0.6) is 5.75 Å². The predicted molar refractivity (Wildman–Crippen MR) is 90.7 cm³/mol. The maximum Gasteiger partial charge on any atom is 0.223 e. The summed E-state index contributed by atoms with van der Waals surface area (Å²) >= 11 is 0. The van der Waals surface area contributed by atoms with Crippen molar-refractivity contribution in [2.45, 2.75) is 31.8 Å². The zero-order chi connectivity index (χ0) is 16.2. The van der Waals surface area contributed by atoms with E-state index < -0.39 is 0 Å². The van der Waals surface area contributed by atoms with E-state index in [0.29, 0.717) is 18.9 Å². The number of rotatable bonds is 5. The highest BCUT2D eigenvalue weighted by molar-refractivity contribution is 5.77. The van der Waals surface area contributed by atoms with Gasteiger partial charge >= 0.3 is 0 Å². The summed E-state index contributed by atoms with van der Waals surface area (Å²) in [5.74, 6) is 2.30. The molecule has 2 aliphatic rings. The maximum atomic E-state index is 12.4. The number of allylic oxidation sites excluding steroid dienone is 2. The standard InChI is InChI=1S/C18H25N3O2/c1-20(2)18-16(8-5-10-19-18)23-15-9-11-21(13-15)17(22)12-14-6-3-4-7-14/h3,5-6,8,10,14-15H,4,7,9,11-13H2,1-2H3. The first-order valence-electron chi connectivity index (χ1n) is 8.37. The first-order valence-corrected chi connectivity index (χ1v) is 8.37. The lowest BCUT2D eigenvalue weighted by Crippen LogP contribution is -2.32. The van der Waals surface area contributed by atoms with Crippen molar-refractivity contribution >= 4 is 11.7 Å². The average molecular weight is 315 g/mol. The van der Waals surface area contributed by atoms with Crippen LogP contribution in [0.4, 0.5) is 5.82 Å². The molecular formula is C18H25N3O2. The summed E-state index contributed by atoms with van der Waals surface area (Å²) in [5.41, 5.74) is 0. The fraction of sp³-hybridized carbons (Fsp3) is 0.556. The van der Waals surface area contributed by atoms with Gasteiger partial charge < -0.3 is 14.5 Å². The van der Waals surface area contributed by atoms with Gasteiger partial charge in [-0.05, 0) is 30.9 Å². The molecule has 0 N–H and O–H groups in total. The second kappa shape index (κ2) is 7.02. The minimum absolute atomic E-state index is 0.0565. The van der Waals surface area contributed by atoms with Crippen molar-refractivity contribution in [3.05, 3.63) is 30.5 Å². The molecule has 3 rings (SSSR count). The number of hydrogen-bond donors (Lipinski definition) is 0. The van der Waals surface area contributed by atoms with Gasteiger partial charge in [-0.1, -0.05) is 12.2 Å². The lowest BCUT2D eigenvalue weighted by Gasteiger charge is -2.21. The molecule has 1 aliphatic heterocycles. The lowest BCUT2D eigenvalue weighted by atomic mass is 10.0. The van der Waals surface area contributed by atoms with Gasteiger partial charge in [0.2, 0.25) is 5.91 Å². The molecule has 0 aromatic carbocycles. The molecule has 2 unspecified atom stereocenters. The van der Waals surface area contributed by atoms with Gasteiger partial charge in [-0.25, -0.2) is 4.98 Å². The summed E-state index contributed by atoms with van der Waals surface area (Å²) in [6, 6.07) is 3.82. The number of hydrogen-bond acceptors (Lipinski definition) is 4. The first-order chi connectivity index (χ1) is 11.1. The zero-order valence-electron chi connectivity index (χ0n) is 13.9. The number of anilines is 1. The van der Waals surface area contributed by atoms with Crippen LogP contribution in [0.2, 0.25) is 0 Å². The Bertz CT molecular complexity index is 585. The van der Waals surface area contributed by atoms with Crippen molar-refractivity contribution < 1.29 is 9.53 Å². The highest BCUT2D eigenvalue weighted by atomic mass is 16.5. The summed E-state index contributed by atoms with van der Waals surface area (Å²) in [7, 11) is 3.91. The van der Waals surface area contributed by atoms with Gasteiger partial charge in [0.05, 0.1) is 6.54 Å². The van der Waals surface area contributed by atoms with E-state index in [0.717, 1.165) is 37.4 Å². The van der Waals surface area contributed by atoms with Gasteiger partial charge in [-0.2, -0.15) is 0 Å². The molecule has 124 valence electrons. The van der Waals surface area contributed by atoms with Gasteiger partial charge in [-0.15, -0.1) is 0 Å². The molecule has 5 nitrogen and oxygen atoms in total. The predicted octanol–water partition coefficient (Wildman–Crippen LogP) is 2.48. The number of carbonyl (C=O) groups is 1. The summed E-state index contributed by atoms with van der Waals surface area (Å²) in [6.45, 7) is 1.47. The minimum atomic E-state index is 0.0565. The Kier molecular flexibility index (Phi) is 4.84. The Balaban J connectivity index is 1.55. The highest BCUT2D eigenvalue weighted by Crippen LogP contribution is 2.27. The molecule has 1 amide bonds. The van der Waals surface area contributed by atoms with Gasteiger partial charge in [0.25, 0.3) is 0 Å². The Hall–Kier alpha value is -2.04. The van der Waals surface area contributed by atoms with Crippen molar-refractivity contribution in [1.29, 1.82) is 0 Å². The molecule has 1 aliphatic carbocycles. The normalized spacial score (nSPS) is 23.3. The number of aromatic nitrogens is 1. The van der Waals surface area contributed by atoms with E-state index in [9.17, 15) is 4.79 Å². The minimum Gasteiger partial charge on any atom is -0.485 e. The van der Waals surface area contributed by atoms with Crippen LogP contribution in [0.1, 0.15) is 25.7 Å². The number of pyridine rings is 1. The van der Waals surface area contributed by atoms with Gasteiger partial charge in [0.15, 0.2) is 11.6 Å². The third kappa shape index (κ3) is 3.84. The van der Waals surface area contributed by atoms with Gasteiger partial charge in [-0.3, -0.25) is 4.79 Å². The van der Waals surface area contributed by atoms with Crippen molar-refractivity contribution in [3.8, 4) is 5.75 Å². The molecule has 0 saturated carbocycles. The molecule has 1 saturated heterocycles. The van der Waals surface area contributed by atoms with E-state index in [2.05, 4.69) is 17.1 Å². The Morgan fingerprint density at radius 3 is 3.04 bits per heavy atom. The first kappa shape index (κ1) is 15.8. The average Bonchev–Trinajstić information content (AvgIpc) is 3.19. The number of amides is 1. The van der Waals surface area contributed by atoms with Crippen LogP contribution in [0, 0.1) is 5.92 Å². The second-order valence-corrected chi connectivity index (χ2v) is 6.56. The number of carbonyl (C=O) groups excluding carboxylic acids is 1. The lowest BCUT2D eigenvalue weighted by molar-refractivity contribution is -0.131. The SMILES string of the molecule is CN(C)c1ncccc1OC1CCN(C(=O)CC2C=CCC2)C1. The molecule has 2 heterocycles. The third-order valence-electron chi connectivity index (χ3n) is 4.52. The number of likely N-dealkylation sites (tertiary alicyclic amines) is 1. The fourth-order valence-corrected chi connectivity index (χ4v) is 3.26. The third-order valence-corrected chi connectivity index (χ3v) is 4.52. The molecular weight excluding hydrogens is 290 g/mol. The molecule has 5 heteroatoms. The number of ether oxygens (including phenoxy) is 1. The van der Waals surface area contributed by atoms with Crippen LogP contribution in [0.15, 0.2) is 30.5 Å². The van der Waals surface area contributed by atoms with Crippen LogP contribution >= 0.6 is 0 Å². The quantitative estimate of drug-likeness (QED) is 0.783. The van der Waals surface area contributed by atoms with Crippen LogP contribution in [-0.4, -0.2) is 49.1 Å². The van der Waals surface area contributed by atoms with Crippen molar-refractivity contribution in [1.82, 2.24) is 9.88 Å². The molecule has 23 heavy (non-hydrogen) atoms. The topological polar surface area (TPSA) is 45.7 Å². The fourth-order valence-electron chi connectivity index (χ4n) is 3.26. The summed E-state index contributed by atoms with van der Waals surface area (Å²) in [6.07, 6.45) is 9.93. The Morgan fingerprint density at radius 2 is 2.30 bits per heavy atom.